The summed E-state index contributed by atoms with van der Waals surface area (Å²) in [6, 6.07) is 15.1. The third kappa shape index (κ3) is 3.21. The van der Waals surface area contributed by atoms with Crippen LogP contribution in [0, 0.1) is 0 Å². The summed E-state index contributed by atoms with van der Waals surface area (Å²) >= 11 is 10.9. The second-order valence-corrected chi connectivity index (χ2v) is 4.93. The summed E-state index contributed by atoms with van der Waals surface area (Å²) in [4.78, 5) is 1.32. The lowest BCUT2D eigenvalue weighted by atomic mass is 10.0. The van der Waals surface area contributed by atoms with E-state index >= 15 is 0 Å². The molecule has 0 radical (unpaired) electrons. The van der Waals surface area contributed by atoms with Crippen LogP contribution in [0.2, 0.25) is 0 Å². The average Bonchev–Trinajstić information content (AvgIpc) is 2.53. The number of benzene rings is 2. The third-order valence-electron chi connectivity index (χ3n) is 2.91. The van der Waals surface area contributed by atoms with Crippen LogP contribution in [0.5, 0.6) is 11.5 Å². The Morgan fingerprint density at radius 3 is 1.20 bits per heavy atom. The van der Waals surface area contributed by atoms with Crippen molar-refractivity contribution in [1.29, 1.82) is 0 Å². The van der Waals surface area contributed by atoms with Crippen molar-refractivity contribution in [2.45, 2.75) is 0 Å². The Morgan fingerprint density at radius 1 is 0.650 bits per heavy atom. The van der Waals surface area contributed by atoms with Crippen LogP contribution in [0.15, 0.2) is 48.5 Å². The van der Waals surface area contributed by atoms with Gasteiger partial charge in [0.25, 0.3) is 0 Å². The van der Waals surface area contributed by atoms with Gasteiger partial charge in [-0.1, -0.05) is 24.4 Å². The van der Waals surface area contributed by atoms with Crippen LogP contribution in [0.3, 0.4) is 0 Å². The molecule has 2 rings (SSSR count). The van der Waals surface area contributed by atoms with Crippen LogP contribution < -0.4 is 9.47 Å². The highest BCUT2D eigenvalue weighted by atomic mass is 32.1. The molecule has 0 heterocycles. The normalized spacial score (nSPS) is 9.90. The van der Waals surface area contributed by atoms with Crippen molar-refractivity contribution >= 4 is 34.2 Å². The van der Waals surface area contributed by atoms with E-state index in [9.17, 15) is 0 Å². The maximum Gasteiger partial charge on any atom is 0.118 e. The summed E-state index contributed by atoms with van der Waals surface area (Å²) in [6.45, 7) is 0. The number of ether oxygens (including phenoxy) is 2. The smallest absolute Gasteiger partial charge is 0.118 e. The molecule has 0 spiro atoms. The summed E-state index contributed by atoms with van der Waals surface area (Å²) in [6.07, 6.45) is 0. The molecule has 2 aromatic rings. The van der Waals surface area contributed by atoms with Gasteiger partial charge in [-0.25, -0.2) is 0 Å². The Labute approximate surface area is 129 Å². The Morgan fingerprint density at radius 2 is 0.950 bits per heavy atom. The fraction of sp³-hybridized carbons (Fsp3) is 0.125. The number of thiocarbonyl (C=S) groups is 2. The van der Waals surface area contributed by atoms with Gasteiger partial charge in [-0.15, -0.1) is 0 Å². The predicted molar refractivity (Wildman–Crippen MR) is 89.4 cm³/mol. The monoisotopic (exact) mass is 302 g/mol. The molecule has 0 N–H and O–H groups in total. The lowest BCUT2D eigenvalue weighted by Crippen LogP contribution is -2.11. The van der Waals surface area contributed by atoms with E-state index in [4.69, 9.17) is 33.9 Å². The highest BCUT2D eigenvalue weighted by Crippen LogP contribution is 2.17. The quantitative estimate of drug-likeness (QED) is 0.617. The van der Waals surface area contributed by atoms with Crippen LogP contribution in [-0.4, -0.2) is 23.9 Å². The second kappa shape index (κ2) is 6.59. The molecule has 20 heavy (non-hydrogen) atoms. The molecule has 2 aromatic carbocycles. The molecule has 0 unspecified atom stereocenters. The summed E-state index contributed by atoms with van der Waals surface area (Å²) in [5, 5.41) is 0. The lowest BCUT2D eigenvalue weighted by Gasteiger charge is -2.08. The first-order valence-corrected chi connectivity index (χ1v) is 6.84. The zero-order chi connectivity index (χ0) is 14.5. The molecule has 102 valence electrons. The summed E-state index contributed by atoms with van der Waals surface area (Å²) in [5.41, 5.74) is 1.84. The molecule has 0 aliphatic rings. The molecule has 0 saturated carbocycles. The Hall–Kier alpha value is -1.78. The average molecular weight is 302 g/mol. The van der Waals surface area contributed by atoms with Crippen LogP contribution in [0.25, 0.3) is 0 Å². The van der Waals surface area contributed by atoms with Gasteiger partial charge in [0.2, 0.25) is 0 Å². The van der Waals surface area contributed by atoms with Gasteiger partial charge in [-0.2, -0.15) is 0 Å². The molecule has 0 bridgehead atoms. The van der Waals surface area contributed by atoms with Gasteiger partial charge < -0.3 is 9.47 Å². The molecular weight excluding hydrogens is 288 g/mol. The molecule has 0 saturated heterocycles. The Kier molecular flexibility index (Phi) is 4.82. The second-order valence-electron chi connectivity index (χ2n) is 4.12. The van der Waals surface area contributed by atoms with E-state index in [-0.39, 0.29) is 0 Å². The van der Waals surface area contributed by atoms with Gasteiger partial charge in [0.1, 0.15) is 11.5 Å². The van der Waals surface area contributed by atoms with Gasteiger partial charge in [0, 0.05) is 0 Å². The van der Waals surface area contributed by atoms with Crippen molar-refractivity contribution in [3.05, 3.63) is 59.7 Å². The van der Waals surface area contributed by atoms with E-state index < -0.39 is 0 Å². The minimum Gasteiger partial charge on any atom is -0.497 e. The Bertz CT molecular complexity index is 558. The van der Waals surface area contributed by atoms with E-state index in [1.807, 2.05) is 48.5 Å². The maximum atomic E-state index is 5.45. The largest absolute Gasteiger partial charge is 0.497 e. The van der Waals surface area contributed by atoms with E-state index in [0.717, 1.165) is 22.6 Å². The molecule has 0 atom stereocenters. The third-order valence-corrected chi connectivity index (χ3v) is 3.92. The van der Waals surface area contributed by atoms with Crippen molar-refractivity contribution in [1.82, 2.24) is 0 Å². The summed E-state index contributed by atoms with van der Waals surface area (Å²) in [5.74, 6) is 1.60. The van der Waals surface area contributed by atoms with Crippen molar-refractivity contribution in [2.75, 3.05) is 14.2 Å². The number of rotatable bonds is 5. The zero-order valence-corrected chi connectivity index (χ0v) is 12.9. The summed E-state index contributed by atoms with van der Waals surface area (Å²) in [7, 11) is 3.27. The fourth-order valence-electron chi connectivity index (χ4n) is 1.75. The maximum absolute atomic E-state index is 5.45. The van der Waals surface area contributed by atoms with E-state index in [2.05, 4.69) is 0 Å². The molecule has 0 fully saturated rings. The number of hydrogen-bond acceptors (Lipinski definition) is 4. The van der Waals surface area contributed by atoms with Gasteiger partial charge in [-0.3, -0.25) is 0 Å². The Balaban J connectivity index is 2.20. The lowest BCUT2D eigenvalue weighted by molar-refractivity contribution is 0.414. The van der Waals surface area contributed by atoms with E-state index in [1.165, 1.54) is 0 Å². The van der Waals surface area contributed by atoms with Gasteiger partial charge in [0.05, 0.1) is 23.9 Å². The molecular formula is C16H14O2S2. The summed E-state index contributed by atoms with van der Waals surface area (Å²) < 4.78 is 10.3. The van der Waals surface area contributed by atoms with Gasteiger partial charge in [-0.05, 0) is 59.7 Å². The first-order chi connectivity index (χ1) is 9.65. The number of methoxy groups -OCH3 is 2. The molecule has 0 amide bonds. The van der Waals surface area contributed by atoms with Crippen LogP contribution in [-0.2, 0) is 0 Å². The minimum absolute atomic E-state index is 0.660. The highest BCUT2D eigenvalue weighted by molar-refractivity contribution is 7.90. The van der Waals surface area contributed by atoms with E-state index in [0.29, 0.717) is 9.73 Å². The first-order valence-electron chi connectivity index (χ1n) is 6.03. The number of hydrogen-bond donors (Lipinski definition) is 0. The standard InChI is InChI=1S/C16H14O2S2/c1-17-13-7-3-11(4-8-13)15(19)16(20)12-5-9-14(18-2)10-6-12/h3-10H,1-2H3. The SMILES string of the molecule is COc1ccc(C(=S)C(=S)c2ccc(OC)cc2)cc1. The van der Waals surface area contributed by atoms with Crippen molar-refractivity contribution in [3.8, 4) is 11.5 Å². The van der Waals surface area contributed by atoms with Crippen LogP contribution in [0.4, 0.5) is 0 Å². The predicted octanol–water partition coefficient (Wildman–Crippen LogP) is 3.84. The van der Waals surface area contributed by atoms with Crippen molar-refractivity contribution < 1.29 is 9.47 Å². The molecule has 0 aromatic heterocycles. The molecule has 0 aliphatic carbocycles. The molecule has 2 nitrogen and oxygen atoms in total. The zero-order valence-electron chi connectivity index (χ0n) is 11.3. The fourth-order valence-corrected chi connectivity index (χ4v) is 2.25. The van der Waals surface area contributed by atoms with Crippen LogP contribution >= 0.6 is 24.4 Å². The molecule has 0 aliphatic heterocycles. The van der Waals surface area contributed by atoms with Crippen molar-refractivity contribution in [2.24, 2.45) is 0 Å². The first kappa shape index (κ1) is 14.6. The molecule has 4 heteroatoms. The van der Waals surface area contributed by atoms with E-state index in [1.54, 1.807) is 14.2 Å². The topological polar surface area (TPSA) is 18.5 Å². The van der Waals surface area contributed by atoms with Gasteiger partial charge in [0.15, 0.2) is 0 Å². The van der Waals surface area contributed by atoms with Crippen molar-refractivity contribution in [3.63, 3.8) is 0 Å². The highest BCUT2D eigenvalue weighted by Gasteiger charge is 2.10. The van der Waals surface area contributed by atoms with Gasteiger partial charge >= 0.3 is 0 Å². The minimum atomic E-state index is 0.660. The van der Waals surface area contributed by atoms with Crippen LogP contribution in [0.1, 0.15) is 11.1 Å².